The largest absolute Gasteiger partial charge is 0.298 e. The summed E-state index contributed by atoms with van der Waals surface area (Å²) in [7, 11) is 0. The molecule has 2 rings (SSSR count). The van der Waals surface area contributed by atoms with Crippen LogP contribution in [0.5, 0.6) is 0 Å². The molecule has 0 saturated heterocycles. The first-order chi connectivity index (χ1) is 7.83. The number of nitriles is 1. The first kappa shape index (κ1) is 10.1. The van der Waals surface area contributed by atoms with Crippen molar-refractivity contribution in [1.29, 1.82) is 5.26 Å². The van der Waals surface area contributed by atoms with E-state index in [1.54, 1.807) is 30.5 Å². The molecule has 3 nitrogen and oxygen atoms in total. The summed E-state index contributed by atoms with van der Waals surface area (Å²) in [6, 6.07) is 12.5. The monoisotopic (exact) mass is 208 g/mol. The van der Waals surface area contributed by atoms with Gasteiger partial charge < -0.3 is 0 Å². The Morgan fingerprint density at radius 3 is 2.56 bits per heavy atom. The normalized spacial score (nSPS) is 9.44. The van der Waals surface area contributed by atoms with Crippen LogP contribution in [-0.2, 0) is 0 Å². The Morgan fingerprint density at radius 1 is 1.19 bits per heavy atom. The number of rotatable bonds is 2. The molecule has 16 heavy (non-hydrogen) atoms. The molecule has 1 aromatic carbocycles. The van der Waals surface area contributed by atoms with Crippen molar-refractivity contribution < 1.29 is 4.79 Å². The molecule has 0 fully saturated rings. The zero-order valence-corrected chi connectivity index (χ0v) is 8.42. The fourth-order valence-electron chi connectivity index (χ4n) is 1.39. The molecular weight excluding hydrogens is 200 g/mol. The van der Waals surface area contributed by atoms with Crippen LogP contribution in [0.25, 0.3) is 11.3 Å². The van der Waals surface area contributed by atoms with Crippen LogP contribution in [0.3, 0.4) is 0 Å². The second kappa shape index (κ2) is 4.37. The van der Waals surface area contributed by atoms with Crippen molar-refractivity contribution in [3.05, 3.63) is 53.7 Å². The van der Waals surface area contributed by atoms with Gasteiger partial charge in [0.05, 0.1) is 17.3 Å². The second-order valence-electron chi connectivity index (χ2n) is 3.28. The summed E-state index contributed by atoms with van der Waals surface area (Å²) in [4.78, 5) is 14.7. The van der Waals surface area contributed by atoms with Gasteiger partial charge in [-0.05, 0) is 12.1 Å². The van der Waals surface area contributed by atoms with E-state index in [1.165, 1.54) is 0 Å². The molecule has 0 unspecified atom stereocenters. The Morgan fingerprint density at radius 2 is 1.94 bits per heavy atom. The lowest BCUT2D eigenvalue weighted by molar-refractivity contribution is 0.112. The summed E-state index contributed by atoms with van der Waals surface area (Å²) >= 11 is 0. The molecule has 0 aliphatic heterocycles. The van der Waals surface area contributed by atoms with Gasteiger partial charge >= 0.3 is 0 Å². The summed E-state index contributed by atoms with van der Waals surface area (Å²) in [5.74, 6) is 0. The molecule has 0 aliphatic rings. The van der Waals surface area contributed by atoms with Crippen LogP contribution in [0.4, 0.5) is 0 Å². The minimum atomic E-state index is 0.574. The first-order valence-electron chi connectivity index (χ1n) is 4.75. The maximum absolute atomic E-state index is 10.5. The fraction of sp³-hybridized carbons (Fsp3) is 0. The number of pyridine rings is 1. The quantitative estimate of drug-likeness (QED) is 0.712. The van der Waals surface area contributed by atoms with Gasteiger partial charge in [0.15, 0.2) is 0 Å². The average Bonchev–Trinajstić information content (AvgIpc) is 2.39. The van der Waals surface area contributed by atoms with Gasteiger partial charge in [-0.2, -0.15) is 5.26 Å². The summed E-state index contributed by atoms with van der Waals surface area (Å²) in [6.07, 6.45) is 2.39. The van der Waals surface area contributed by atoms with Crippen molar-refractivity contribution in [3.8, 4) is 17.3 Å². The molecule has 0 atom stereocenters. The molecule has 1 heterocycles. The number of aldehydes is 1. The zero-order chi connectivity index (χ0) is 11.4. The highest BCUT2D eigenvalue weighted by atomic mass is 16.1. The SMILES string of the molecule is N#Cc1ccnc(-c2ccc(C=O)cc2)c1. The molecule has 0 amide bonds. The van der Waals surface area contributed by atoms with Gasteiger partial charge in [0.25, 0.3) is 0 Å². The van der Waals surface area contributed by atoms with Crippen molar-refractivity contribution in [1.82, 2.24) is 4.98 Å². The number of nitrogens with zero attached hydrogens (tertiary/aromatic N) is 2. The number of hydrogen-bond acceptors (Lipinski definition) is 3. The third-order valence-corrected chi connectivity index (χ3v) is 2.23. The number of carbonyl (C=O) groups excluding carboxylic acids is 1. The topological polar surface area (TPSA) is 53.8 Å². The van der Waals surface area contributed by atoms with Gasteiger partial charge in [-0.25, -0.2) is 0 Å². The summed E-state index contributed by atoms with van der Waals surface area (Å²) in [5.41, 5.74) is 2.82. The summed E-state index contributed by atoms with van der Waals surface area (Å²) < 4.78 is 0. The van der Waals surface area contributed by atoms with Crippen LogP contribution in [0.1, 0.15) is 15.9 Å². The molecule has 1 aromatic heterocycles. The molecule has 3 heteroatoms. The third kappa shape index (κ3) is 1.96. The van der Waals surface area contributed by atoms with Crippen molar-refractivity contribution in [2.45, 2.75) is 0 Å². The Hall–Kier alpha value is -2.47. The number of aromatic nitrogens is 1. The lowest BCUT2D eigenvalue weighted by Gasteiger charge is -2.00. The minimum Gasteiger partial charge on any atom is -0.298 e. The van der Waals surface area contributed by atoms with Crippen LogP contribution in [0, 0.1) is 11.3 Å². The zero-order valence-electron chi connectivity index (χ0n) is 8.42. The fourth-order valence-corrected chi connectivity index (χ4v) is 1.39. The van der Waals surface area contributed by atoms with Gasteiger partial charge in [-0.3, -0.25) is 9.78 Å². The highest BCUT2D eigenvalue weighted by Gasteiger charge is 2.00. The Labute approximate surface area is 93.0 Å². The van der Waals surface area contributed by atoms with Crippen molar-refractivity contribution >= 4 is 6.29 Å². The predicted molar refractivity (Wildman–Crippen MR) is 59.8 cm³/mol. The van der Waals surface area contributed by atoms with Crippen LogP contribution >= 0.6 is 0 Å². The van der Waals surface area contributed by atoms with E-state index in [0.717, 1.165) is 17.5 Å². The van der Waals surface area contributed by atoms with E-state index < -0.39 is 0 Å². The molecule has 0 saturated carbocycles. The molecule has 0 spiro atoms. The van der Waals surface area contributed by atoms with Gasteiger partial charge in [-0.1, -0.05) is 24.3 Å². The van der Waals surface area contributed by atoms with Gasteiger partial charge in [-0.15, -0.1) is 0 Å². The highest BCUT2D eigenvalue weighted by molar-refractivity contribution is 5.76. The Balaban J connectivity index is 2.42. The number of benzene rings is 1. The van der Waals surface area contributed by atoms with Crippen molar-refractivity contribution in [2.24, 2.45) is 0 Å². The van der Waals surface area contributed by atoms with E-state index in [-0.39, 0.29) is 0 Å². The van der Waals surface area contributed by atoms with Gasteiger partial charge in [0.1, 0.15) is 6.29 Å². The minimum absolute atomic E-state index is 0.574. The summed E-state index contributed by atoms with van der Waals surface area (Å²) in [6.45, 7) is 0. The second-order valence-corrected chi connectivity index (χ2v) is 3.28. The van der Waals surface area contributed by atoms with Crippen LogP contribution in [0.2, 0.25) is 0 Å². The van der Waals surface area contributed by atoms with Crippen LogP contribution in [0.15, 0.2) is 42.6 Å². The van der Waals surface area contributed by atoms with Crippen LogP contribution in [-0.4, -0.2) is 11.3 Å². The molecule has 0 bridgehead atoms. The predicted octanol–water partition coefficient (Wildman–Crippen LogP) is 2.43. The average molecular weight is 208 g/mol. The maximum Gasteiger partial charge on any atom is 0.150 e. The molecule has 0 radical (unpaired) electrons. The van der Waals surface area contributed by atoms with Crippen molar-refractivity contribution in [3.63, 3.8) is 0 Å². The molecular formula is C13H8N2O. The first-order valence-corrected chi connectivity index (χ1v) is 4.75. The van der Waals surface area contributed by atoms with Gasteiger partial charge in [0.2, 0.25) is 0 Å². The van der Waals surface area contributed by atoms with Gasteiger partial charge in [0, 0.05) is 17.3 Å². The van der Waals surface area contributed by atoms with E-state index in [9.17, 15) is 4.79 Å². The smallest absolute Gasteiger partial charge is 0.150 e. The van der Waals surface area contributed by atoms with E-state index in [2.05, 4.69) is 11.1 Å². The standard InChI is InChI=1S/C13H8N2O/c14-8-11-5-6-15-13(7-11)12-3-1-10(9-16)2-4-12/h1-7,9H. The van der Waals surface area contributed by atoms with Crippen LogP contribution < -0.4 is 0 Å². The number of hydrogen-bond donors (Lipinski definition) is 0. The van der Waals surface area contributed by atoms with E-state index in [1.807, 2.05) is 12.1 Å². The Kier molecular flexibility index (Phi) is 2.75. The maximum atomic E-state index is 10.5. The van der Waals surface area contributed by atoms with E-state index in [4.69, 9.17) is 5.26 Å². The molecule has 2 aromatic rings. The molecule has 76 valence electrons. The van der Waals surface area contributed by atoms with E-state index >= 15 is 0 Å². The molecule has 0 aliphatic carbocycles. The Bertz CT molecular complexity index is 553. The lowest BCUT2D eigenvalue weighted by atomic mass is 10.1. The number of carbonyl (C=O) groups is 1. The third-order valence-electron chi connectivity index (χ3n) is 2.23. The lowest BCUT2D eigenvalue weighted by Crippen LogP contribution is -1.86. The summed E-state index contributed by atoms with van der Waals surface area (Å²) in [5, 5.41) is 8.77. The highest BCUT2D eigenvalue weighted by Crippen LogP contribution is 2.17. The van der Waals surface area contributed by atoms with E-state index in [0.29, 0.717) is 11.1 Å². The molecule has 0 N–H and O–H groups in total. The van der Waals surface area contributed by atoms with Crippen molar-refractivity contribution in [2.75, 3.05) is 0 Å².